The number of likely N-dealkylation sites (N-methyl/N-ethyl adjacent to an activating group) is 1. The van der Waals surface area contributed by atoms with E-state index < -0.39 is 0 Å². The SMILES string of the molecule is CCOC(=O)c1cnn(C)c1CN1CCC(N(C)C)C1. The number of nitrogens with zero attached hydrogens (tertiary/aromatic N) is 4. The quantitative estimate of drug-likeness (QED) is 0.744. The Morgan fingerprint density at radius 2 is 2.30 bits per heavy atom. The Morgan fingerprint density at radius 1 is 1.55 bits per heavy atom. The van der Waals surface area contributed by atoms with Crippen LogP contribution in [0.4, 0.5) is 0 Å². The van der Waals surface area contributed by atoms with Crippen LogP contribution in [0.15, 0.2) is 6.20 Å². The third kappa shape index (κ3) is 3.19. The minimum absolute atomic E-state index is 0.279. The molecule has 2 rings (SSSR count). The standard InChI is InChI=1S/C14H24N4O2/c1-5-20-14(19)12-8-15-17(4)13(12)10-18-7-6-11(9-18)16(2)3/h8,11H,5-7,9-10H2,1-4H3. The van der Waals surface area contributed by atoms with Gasteiger partial charge in [0.25, 0.3) is 0 Å². The third-order valence-corrected chi connectivity index (χ3v) is 3.91. The summed E-state index contributed by atoms with van der Waals surface area (Å²) < 4.78 is 6.86. The summed E-state index contributed by atoms with van der Waals surface area (Å²) in [5, 5.41) is 4.19. The average molecular weight is 280 g/mol. The number of carbonyl (C=O) groups excluding carboxylic acids is 1. The van der Waals surface area contributed by atoms with Gasteiger partial charge in [-0.15, -0.1) is 0 Å². The molecule has 6 heteroatoms. The maximum absolute atomic E-state index is 11.9. The van der Waals surface area contributed by atoms with Crippen molar-refractivity contribution in [1.82, 2.24) is 19.6 Å². The molecular weight excluding hydrogens is 256 g/mol. The van der Waals surface area contributed by atoms with E-state index in [4.69, 9.17) is 4.74 Å². The number of carbonyl (C=O) groups is 1. The molecule has 1 aliphatic rings. The van der Waals surface area contributed by atoms with E-state index in [1.54, 1.807) is 10.9 Å². The zero-order valence-electron chi connectivity index (χ0n) is 12.8. The molecule has 1 aliphatic heterocycles. The Balaban J connectivity index is 2.06. The molecule has 1 saturated heterocycles. The number of aromatic nitrogens is 2. The molecule has 0 saturated carbocycles. The van der Waals surface area contributed by atoms with E-state index in [1.807, 2.05) is 14.0 Å². The monoisotopic (exact) mass is 280 g/mol. The lowest BCUT2D eigenvalue weighted by atomic mass is 10.2. The van der Waals surface area contributed by atoms with Gasteiger partial charge in [-0.1, -0.05) is 0 Å². The summed E-state index contributed by atoms with van der Waals surface area (Å²) in [4.78, 5) is 16.5. The highest BCUT2D eigenvalue weighted by atomic mass is 16.5. The lowest BCUT2D eigenvalue weighted by Crippen LogP contribution is -2.31. The molecule has 112 valence electrons. The van der Waals surface area contributed by atoms with Crippen molar-refractivity contribution in [3.8, 4) is 0 Å². The van der Waals surface area contributed by atoms with Gasteiger partial charge in [-0.3, -0.25) is 9.58 Å². The van der Waals surface area contributed by atoms with Gasteiger partial charge in [0, 0.05) is 32.7 Å². The topological polar surface area (TPSA) is 50.6 Å². The zero-order chi connectivity index (χ0) is 14.7. The first-order chi connectivity index (χ1) is 9.52. The van der Waals surface area contributed by atoms with Gasteiger partial charge in [-0.2, -0.15) is 5.10 Å². The Bertz CT molecular complexity index is 470. The number of rotatable bonds is 5. The summed E-state index contributed by atoms with van der Waals surface area (Å²) in [7, 11) is 6.10. The van der Waals surface area contributed by atoms with Gasteiger partial charge in [0.2, 0.25) is 0 Å². The second-order valence-electron chi connectivity index (χ2n) is 5.49. The fourth-order valence-electron chi connectivity index (χ4n) is 2.62. The van der Waals surface area contributed by atoms with Crippen molar-refractivity contribution in [3.63, 3.8) is 0 Å². The van der Waals surface area contributed by atoms with Crippen molar-refractivity contribution in [1.29, 1.82) is 0 Å². The van der Waals surface area contributed by atoms with Gasteiger partial charge in [-0.25, -0.2) is 4.79 Å². The van der Waals surface area contributed by atoms with E-state index in [-0.39, 0.29) is 5.97 Å². The highest BCUT2D eigenvalue weighted by Gasteiger charge is 2.26. The van der Waals surface area contributed by atoms with Crippen LogP contribution in [-0.2, 0) is 18.3 Å². The second-order valence-corrected chi connectivity index (χ2v) is 5.49. The zero-order valence-corrected chi connectivity index (χ0v) is 12.8. The maximum Gasteiger partial charge on any atom is 0.341 e. The van der Waals surface area contributed by atoms with Gasteiger partial charge in [0.1, 0.15) is 5.56 Å². The molecular formula is C14H24N4O2. The molecule has 1 unspecified atom stereocenters. The molecule has 1 aromatic rings. The summed E-state index contributed by atoms with van der Waals surface area (Å²) in [6.07, 6.45) is 2.77. The number of hydrogen-bond donors (Lipinski definition) is 0. The van der Waals surface area contributed by atoms with Gasteiger partial charge < -0.3 is 9.64 Å². The Labute approximate surface area is 120 Å². The minimum atomic E-state index is -0.279. The fourth-order valence-corrected chi connectivity index (χ4v) is 2.62. The Kier molecular flexibility index (Phi) is 4.77. The molecule has 20 heavy (non-hydrogen) atoms. The Morgan fingerprint density at radius 3 is 2.90 bits per heavy atom. The van der Waals surface area contributed by atoms with Crippen molar-refractivity contribution in [2.24, 2.45) is 7.05 Å². The van der Waals surface area contributed by atoms with Crippen LogP contribution in [0.1, 0.15) is 29.4 Å². The van der Waals surface area contributed by atoms with E-state index >= 15 is 0 Å². The first kappa shape index (κ1) is 15.0. The van der Waals surface area contributed by atoms with Gasteiger partial charge >= 0.3 is 5.97 Å². The normalized spacial score (nSPS) is 19.8. The van der Waals surface area contributed by atoms with E-state index in [0.717, 1.165) is 25.3 Å². The minimum Gasteiger partial charge on any atom is -0.462 e. The van der Waals surface area contributed by atoms with Crippen LogP contribution in [0.3, 0.4) is 0 Å². The summed E-state index contributed by atoms with van der Waals surface area (Å²) in [5.74, 6) is -0.279. The molecule has 0 aliphatic carbocycles. The van der Waals surface area contributed by atoms with Crippen LogP contribution in [0.5, 0.6) is 0 Å². The van der Waals surface area contributed by atoms with Gasteiger partial charge in [-0.05, 0) is 27.4 Å². The molecule has 0 spiro atoms. The van der Waals surface area contributed by atoms with Crippen molar-refractivity contribution in [2.75, 3.05) is 33.8 Å². The van der Waals surface area contributed by atoms with Crippen LogP contribution in [0, 0.1) is 0 Å². The lowest BCUT2D eigenvalue weighted by Gasteiger charge is -2.20. The number of esters is 1. The van der Waals surface area contributed by atoms with Gasteiger partial charge in [0.15, 0.2) is 0 Å². The molecule has 0 N–H and O–H groups in total. The van der Waals surface area contributed by atoms with Crippen LogP contribution >= 0.6 is 0 Å². The average Bonchev–Trinajstić information content (AvgIpc) is 2.99. The Hall–Kier alpha value is -1.40. The molecule has 0 bridgehead atoms. The number of likely N-dealkylation sites (tertiary alicyclic amines) is 1. The van der Waals surface area contributed by atoms with Crippen molar-refractivity contribution in [2.45, 2.75) is 25.9 Å². The molecule has 0 amide bonds. The van der Waals surface area contributed by atoms with Crippen molar-refractivity contribution >= 4 is 5.97 Å². The summed E-state index contributed by atoms with van der Waals surface area (Å²) in [6, 6.07) is 0.592. The first-order valence-electron chi connectivity index (χ1n) is 7.09. The van der Waals surface area contributed by atoms with Gasteiger partial charge in [0.05, 0.1) is 18.5 Å². The highest BCUT2D eigenvalue weighted by Crippen LogP contribution is 2.18. The number of aryl methyl sites for hydroxylation is 1. The van der Waals surface area contributed by atoms with Crippen LogP contribution in [0.2, 0.25) is 0 Å². The summed E-state index contributed by atoms with van der Waals surface area (Å²) >= 11 is 0. The van der Waals surface area contributed by atoms with Crippen molar-refractivity contribution < 1.29 is 9.53 Å². The molecule has 0 radical (unpaired) electrons. The summed E-state index contributed by atoms with van der Waals surface area (Å²) in [5.41, 5.74) is 1.52. The number of ether oxygens (including phenoxy) is 1. The van der Waals surface area contributed by atoms with Crippen molar-refractivity contribution in [3.05, 3.63) is 17.5 Å². The smallest absolute Gasteiger partial charge is 0.341 e. The third-order valence-electron chi connectivity index (χ3n) is 3.91. The largest absolute Gasteiger partial charge is 0.462 e. The lowest BCUT2D eigenvalue weighted by molar-refractivity contribution is 0.0523. The molecule has 1 aromatic heterocycles. The molecule has 1 atom stereocenters. The molecule has 6 nitrogen and oxygen atoms in total. The van der Waals surface area contributed by atoms with Crippen LogP contribution in [0.25, 0.3) is 0 Å². The molecule has 2 heterocycles. The number of hydrogen-bond acceptors (Lipinski definition) is 5. The van der Waals surface area contributed by atoms with E-state index in [2.05, 4.69) is 29.0 Å². The second kappa shape index (κ2) is 6.37. The molecule has 0 aromatic carbocycles. The van der Waals surface area contributed by atoms with Crippen LogP contribution < -0.4 is 0 Å². The highest BCUT2D eigenvalue weighted by molar-refractivity contribution is 5.90. The van der Waals surface area contributed by atoms with E-state index in [9.17, 15) is 4.79 Å². The first-order valence-corrected chi connectivity index (χ1v) is 7.09. The fraction of sp³-hybridized carbons (Fsp3) is 0.714. The van der Waals surface area contributed by atoms with E-state index in [0.29, 0.717) is 18.2 Å². The van der Waals surface area contributed by atoms with E-state index in [1.165, 1.54) is 6.42 Å². The maximum atomic E-state index is 11.9. The summed E-state index contributed by atoms with van der Waals surface area (Å²) in [6.45, 7) is 5.03. The van der Waals surface area contributed by atoms with Crippen LogP contribution in [-0.4, -0.2) is 65.4 Å². The predicted octanol–water partition coefficient (Wildman–Crippen LogP) is 0.733. The predicted molar refractivity (Wildman–Crippen MR) is 76.5 cm³/mol. The molecule has 1 fully saturated rings.